The van der Waals surface area contributed by atoms with Gasteiger partial charge in [-0.2, -0.15) is 4.98 Å². The Bertz CT molecular complexity index is 679. The van der Waals surface area contributed by atoms with Crippen LogP contribution in [0.4, 0.5) is 9.80 Å². The van der Waals surface area contributed by atoms with E-state index in [0.29, 0.717) is 16.7 Å². The first kappa shape index (κ1) is 14.0. The zero-order valence-electron chi connectivity index (χ0n) is 11.8. The Morgan fingerprint density at radius 1 is 1.57 bits per heavy atom. The van der Waals surface area contributed by atoms with Crippen LogP contribution in [0.1, 0.15) is 23.2 Å². The predicted octanol–water partition coefficient (Wildman–Crippen LogP) is 2.57. The summed E-state index contributed by atoms with van der Waals surface area (Å²) in [5.74, 6) is 0.927. The van der Waals surface area contributed by atoms with E-state index in [1.54, 1.807) is 6.92 Å². The molecule has 0 spiro atoms. The summed E-state index contributed by atoms with van der Waals surface area (Å²) in [7, 11) is 0. The van der Waals surface area contributed by atoms with Gasteiger partial charge in [0.2, 0.25) is 0 Å². The maximum atomic E-state index is 11.0. The third kappa shape index (κ3) is 2.64. The van der Waals surface area contributed by atoms with Crippen LogP contribution in [-0.4, -0.2) is 39.3 Å². The Morgan fingerprint density at radius 3 is 3.00 bits per heavy atom. The summed E-state index contributed by atoms with van der Waals surface area (Å²) in [6, 6.07) is 0. The number of thiophene rings is 1. The minimum absolute atomic E-state index is 0.388. The van der Waals surface area contributed by atoms with Gasteiger partial charge in [0.15, 0.2) is 5.82 Å². The van der Waals surface area contributed by atoms with Gasteiger partial charge in [-0.1, -0.05) is 12.1 Å². The lowest BCUT2D eigenvalue weighted by molar-refractivity contribution is 0.210. The van der Waals surface area contributed by atoms with E-state index >= 15 is 0 Å². The van der Waals surface area contributed by atoms with Crippen molar-refractivity contribution in [3.05, 3.63) is 16.3 Å². The Morgan fingerprint density at radius 2 is 2.38 bits per heavy atom. The highest BCUT2D eigenvalue weighted by Crippen LogP contribution is 2.42. The molecule has 1 aliphatic rings. The van der Waals surface area contributed by atoms with E-state index in [1.165, 1.54) is 11.3 Å². The first-order chi connectivity index (χ1) is 10.1. The second kappa shape index (κ2) is 5.45. The van der Waals surface area contributed by atoms with Crippen molar-refractivity contribution in [2.24, 2.45) is 0 Å². The molecule has 2 N–H and O–H groups in total. The predicted molar refractivity (Wildman–Crippen MR) is 78.7 cm³/mol. The molecule has 0 unspecified atom stereocenters. The van der Waals surface area contributed by atoms with E-state index in [0.717, 1.165) is 42.1 Å². The lowest BCUT2D eigenvalue weighted by Gasteiger charge is -2.25. The van der Waals surface area contributed by atoms with Gasteiger partial charge >= 0.3 is 6.09 Å². The largest absolute Gasteiger partial charge is 0.465 e. The summed E-state index contributed by atoms with van der Waals surface area (Å²) in [5, 5.41) is 15.9. The molecule has 8 heteroatoms. The van der Waals surface area contributed by atoms with Crippen molar-refractivity contribution in [2.45, 2.75) is 26.8 Å². The molecule has 0 atom stereocenters. The number of likely N-dealkylation sites (N-methyl/N-ethyl adjacent to an activating group) is 1. The van der Waals surface area contributed by atoms with Gasteiger partial charge in [-0.25, -0.2) is 4.79 Å². The van der Waals surface area contributed by atoms with Crippen molar-refractivity contribution in [1.29, 1.82) is 0 Å². The molecule has 0 saturated carbocycles. The highest BCUT2D eigenvalue weighted by Gasteiger charge is 2.28. The minimum Gasteiger partial charge on any atom is -0.465 e. The smallest absolute Gasteiger partial charge is 0.409 e. The van der Waals surface area contributed by atoms with Crippen LogP contribution < -0.4 is 5.32 Å². The number of hydrogen-bond donors (Lipinski definition) is 2. The van der Waals surface area contributed by atoms with Crippen LogP contribution in [0.3, 0.4) is 0 Å². The fourth-order valence-electron chi connectivity index (χ4n) is 2.54. The fourth-order valence-corrected chi connectivity index (χ4v) is 3.81. The number of carboxylic acid groups (broad SMARTS) is 1. The van der Waals surface area contributed by atoms with Gasteiger partial charge in [0.25, 0.3) is 5.89 Å². The summed E-state index contributed by atoms with van der Waals surface area (Å²) in [4.78, 5) is 18.8. The third-order valence-corrected chi connectivity index (χ3v) is 4.68. The number of aromatic nitrogens is 2. The standard InChI is InChI=1S/C13H16N4O3S/c1-3-17-5-4-8-9(6-17)21-12(15-13(18)19)10(8)11-14-7(2)16-20-11/h15H,3-6H2,1-2H3,(H,18,19). The van der Waals surface area contributed by atoms with E-state index < -0.39 is 6.09 Å². The molecule has 21 heavy (non-hydrogen) atoms. The quantitative estimate of drug-likeness (QED) is 0.905. The molecule has 0 aromatic carbocycles. The molecule has 1 amide bonds. The van der Waals surface area contributed by atoms with Crippen LogP contribution in [0.2, 0.25) is 0 Å². The summed E-state index contributed by atoms with van der Waals surface area (Å²) in [5.41, 5.74) is 1.87. The van der Waals surface area contributed by atoms with E-state index in [4.69, 9.17) is 9.63 Å². The van der Waals surface area contributed by atoms with Gasteiger partial charge in [-0.3, -0.25) is 10.2 Å². The van der Waals surface area contributed by atoms with Crippen molar-refractivity contribution < 1.29 is 14.4 Å². The molecule has 0 aliphatic carbocycles. The van der Waals surface area contributed by atoms with Gasteiger partial charge in [0, 0.05) is 18.0 Å². The molecule has 1 aliphatic heterocycles. The molecule has 2 aromatic heterocycles. The topological polar surface area (TPSA) is 91.5 Å². The highest BCUT2D eigenvalue weighted by molar-refractivity contribution is 7.17. The Labute approximate surface area is 125 Å². The number of nitrogens with one attached hydrogen (secondary N) is 1. The number of hydrogen-bond acceptors (Lipinski definition) is 6. The molecule has 3 heterocycles. The highest BCUT2D eigenvalue weighted by atomic mass is 32.1. The Hall–Kier alpha value is -1.93. The monoisotopic (exact) mass is 308 g/mol. The molecular formula is C13H16N4O3S. The van der Waals surface area contributed by atoms with Gasteiger partial charge in [-0.05, 0) is 25.5 Å². The van der Waals surface area contributed by atoms with Crippen molar-refractivity contribution in [3.63, 3.8) is 0 Å². The maximum Gasteiger partial charge on any atom is 0.409 e. The Balaban J connectivity index is 2.07. The summed E-state index contributed by atoms with van der Waals surface area (Å²) < 4.78 is 5.25. The van der Waals surface area contributed by atoms with Gasteiger partial charge < -0.3 is 9.63 Å². The second-order valence-electron chi connectivity index (χ2n) is 4.90. The molecular weight excluding hydrogens is 292 g/mol. The van der Waals surface area contributed by atoms with Crippen molar-refractivity contribution in [2.75, 3.05) is 18.4 Å². The first-order valence-electron chi connectivity index (χ1n) is 6.76. The number of anilines is 1. The zero-order valence-corrected chi connectivity index (χ0v) is 12.7. The lowest BCUT2D eigenvalue weighted by atomic mass is 10.0. The van der Waals surface area contributed by atoms with Gasteiger partial charge in [0.05, 0.1) is 5.56 Å². The number of carbonyl (C=O) groups is 1. The molecule has 0 bridgehead atoms. The Kier molecular flexibility index (Phi) is 3.64. The van der Waals surface area contributed by atoms with E-state index in [-0.39, 0.29) is 0 Å². The van der Waals surface area contributed by atoms with E-state index in [2.05, 4.69) is 27.3 Å². The van der Waals surface area contributed by atoms with Crippen LogP contribution in [0.15, 0.2) is 4.52 Å². The summed E-state index contributed by atoms with van der Waals surface area (Å²) in [6.45, 7) is 6.63. The van der Waals surface area contributed by atoms with E-state index in [1.807, 2.05) is 0 Å². The van der Waals surface area contributed by atoms with Crippen molar-refractivity contribution in [3.8, 4) is 11.5 Å². The molecule has 3 rings (SSSR count). The molecule has 2 aromatic rings. The molecule has 112 valence electrons. The number of fused-ring (bicyclic) bond motifs is 1. The first-order valence-corrected chi connectivity index (χ1v) is 7.57. The van der Waals surface area contributed by atoms with Crippen LogP contribution in [0.25, 0.3) is 11.5 Å². The SMILES string of the molecule is CCN1CCc2c(sc(NC(=O)O)c2-c2nc(C)no2)C1. The van der Waals surface area contributed by atoms with E-state index in [9.17, 15) is 4.79 Å². The average molecular weight is 308 g/mol. The van der Waals surface area contributed by atoms with Crippen LogP contribution >= 0.6 is 11.3 Å². The normalized spacial score (nSPS) is 15.0. The van der Waals surface area contributed by atoms with Gasteiger partial charge in [0.1, 0.15) is 5.00 Å². The number of amides is 1. The van der Waals surface area contributed by atoms with Gasteiger partial charge in [-0.15, -0.1) is 11.3 Å². The zero-order chi connectivity index (χ0) is 15.0. The molecule has 0 saturated heterocycles. The molecule has 0 fully saturated rings. The van der Waals surface area contributed by atoms with Crippen molar-refractivity contribution >= 4 is 22.4 Å². The van der Waals surface area contributed by atoms with Crippen LogP contribution in [-0.2, 0) is 13.0 Å². The second-order valence-corrected chi connectivity index (χ2v) is 6.01. The van der Waals surface area contributed by atoms with Crippen LogP contribution in [0.5, 0.6) is 0 Å². The fraction of sp³-hybridized carbons (Fsp3) is 0.462. The minimum atomic E-state index is -1.08. The molecule has 0 radical (unpaired) electrons. The number of nitrogens with zero attached hydrogens (tertiary/aromatic N) is 3. The third-order valence-electron chi connectivity index (χ3n) is 3.55. The summed E-state index contributed by atoms with van der Waals surface area (Å²) >= 11 is 1.45. The average Bonchev–Trinajstić information content (AvgIpc) is 3.00. The van der Waals surface area contributed by atoms with Crippen molar-refractivity contribution in [1.82, 2.24) is 15.0 Å². The number of rotatable bonds is 3. The van der Waals surface area contributed by atoms with Crippen LogP contribution in [0, 0.1) is 6.92 Å². The summed E-state index contributed by atoms with van der Waals surface area (Å²) in [6.07, 6.45) is -0.226. The number of aryl methyl sites for hydroxylation is 1. The maximum absolute atomic E-state index is 11.0. The lowest BCUT2D eigenvalue weighted by Crippen LogP contribution is -2.29. The molecule has 7 nitrogen and oxygen atoms in total.